The van der Waals surface area contributed by atoms with E-state index in [2.05, 4.69) is 18.0 Å². The molecule has 0 aliphatic carbocycles. The number of rotatable bonds is 8. The molecule has 0 radical (unpaired) electrons. The number of ether oxygens (including phenoxy) is 3. The molecule has 0 unspecified atom stereocenters. The Morgan fingerprint density at radius 2 is 1.69 bits per heavy atom. The smallest absolute Gasteiger partial charge is 0.274 e. The molecule has 35 heavy (non-hydrogen) atoms. The van der Waals surface area contributed by atoms with Crippen LogP contribution in [-0.2, 0) is 0 Å². The minimum absolute atomic E-state index is 0.0689. The van der Waals surface area contributed by atoms with Crippen LogP contribution in [0.25, 0.3) is 22.1 Å². The van der Waals surface area contributed by atoms with E-state index in [0.29, 0.717) is 40.8 Å². The Kier molecular flexibility index (Phi) is 6.42. The number of para-hydroxylation sites is 2. The van der Waals surface area contributed by atoms with E-state index < -0.39 is 0 Å². The Morgan fingerprint density at radius 3 is 2.49 bits per heavy atom. The molecular weight excluding hydrogens is 460 g/mol. The van der Waals surface area contributed by atoms with Gasteiger partial charge >= 0.3 is 0 Å². The lowest BCUT2D eigenvalue weighted by molar-refractivity contribution is 0.207. The summed E-state index contributed by atoms with van der Waals surface area (Å²) in [5.41, 5.74) is 4.75. The van der Waals surface area contributed by atoms with Crippen LogP contribution in [0.2, 0.25) is 0 Å². The van der Waals surface area contributed by atoms with Crippen molar-refractivity contribution < 1.29 is 14.2 Å². The molecule has 0 N–H and O–H groups in total. The van der Waals surface area contributed by atoms with Gasteiger partial charge in [-0.3, -0.25) is 4.79 Å². The first kappa shape index (κ1) is 22.9. The molecule has 0 saturated heterocycles. The molecule has 3 aromatic carbocycles. The predicted octanol–water partition coefficient (Wildman–Crippen LogP) is 4.93. The van der Waals surface area contributed by atoms with Crippen LogP contribution in [0.1, 0.15) is 23.6 Å². The Hall–Kier alpha value is -3.84. The maximum absolute atomic E-state index is 13.1. The first-order valence-electron chi connectivity index (χ1n) is 11.5. The molecule has 0 atom stereocenters. The second kappa shape index (κ2) is 9.80. The Morgan fingerprint density at radius 1 is 0.914 bits per heavy atom. The van der Waals surface area contributed by atoms with Gasteiger partial charge in [-0.15, -0.1) is 0 Å². The van der Waals surface area contributed by atoms with Crippen LogP contribution in [0.4, 0.5) is 0 Å². The van der Waals surface area contributed by atoms with E-state index in [9.17, 15) is 4.79 Å². The highest BCUT2D eigenvalue weighted by Crippen LogP contribution is 2.29. The molecule has 5 rings (SSSR count). The average molecular weight is 487 g/mol. The fourth-order valence-electron chi connectivity index (χ4n) is 4.03. The summed E-state index contributed by atoms with van der Waals surface area (Å²) in [5.74, 6) is 2.13. The summed E-state index contributed by atoms with van der Waals surface area (Å²) in [6, 6.07) is 19.5. The lowest BCUT2D eigenvalue weighted by Gasteiger charge is -2.14. The fraction of sp³-hybridized carbons (Fsp3) is 0.214. The van der Waals surface area contributed by atoms with Crippen molar-refractivity contribution in [2.24, 2.45) is 0 Å². The number of hydrogen-bond acceptors (Lipinski definition) is 6. The van der Waals surface area contributed by atoms with Gasteiger partial charge in [-0.05, 0) is 68.3 Å². The van der Waals surface area contributed by atoms with E-state index in [1.54, 1.807) is 4.40 Å². The molecule has 0 saturated carbocycles. The Balaban J connectivity index is 1.35. The Labute approximate surface area is 207 Å². The van der Waals surface area contributed by atoms with E-state index in [-0.39, 0.29) is 5.56 Å². The van der Waals surface area contributed by atoms with Gasteiger partial charge in [0, 0.05) is 0 Å². The summed E-state index contributed by atoms with van der Waals surface area (Å²) in [6.45, 7) is 7.34. The summed E-state index contributed by atoms with van der Waals surface area (Å²) < 4.78 is 19.9. The standard InChI is InChI=1S/C28H26N2O4S/c1-4-32-25-16-20(10-12-24(25)34-14-13-33-23-11-9-18(2)15-19(23)3)17-26-27(31)30-22-8-6-5-7-21(22)29-28(30)35-26/h5-12,15-17H,4,13-14H2,1-3H3/b26-17-. The number of hydrogen-bond donors (Lipinski definition) is 0. The normalized spacial score (nSPS) is 11.9. The minimum Gasteiger partial charge on any atom is -0.490 e. The zero-order chi connectivity index (χ0) is 24.4. The van der Waals surface area contributed by atoms with Crippen molar-refractivity contribution in [3.63, 3.8) is 0 Å². The molecule has 0 spiro atoms. The predicted molar refractivity (Wildman–Crippen MR) is 140 cm³/mol. The van der Waals surface area contributed by atoms with Gasteiger partial charge in [-0.1, -0.05) is 47.2 Å². The molecule has 0 bridgehead atoms. The van der Waals surface area contributed by atoms with Crippen LogP contribution in [0.5, 0.6) is 17.2 Å². The van der Waals surface area contributed by atoms with Gasteiger partial charge in [0.05, 0.1) is 22.2 Å². The van der Waals surface area contributed by atoms with E-state index in [1.807, 2.05) is 74.5 Å². The third-order valence-electron chi connectivity index (χ3n) is 5.64. The van der Waals surface area contributed by atoms with Gasteiger partial charge in [0.25, 0.3) is 5.56 Å². The van der Waals surface area contributed by atoms with E-state index >= 15 is 0 Å². The topological polar surface area (TPSA) is 62.1 Å². The van der Waals surface area contributed by atoms with Crippen LogP contribution >= 0.6 is 11.3 Å². The highest BCUT2D eigenvalue weighted by molar-refractivity contribution is 7.15. The third kappa shape index (κ3) is 4.72. The van der Waals surface area contributed by atoms with Crippen molar-refractivity contribution in [2.45, 2.75) is 20.8 Å². The van der Waals surface area contributed by atoms with Crippen molar-refractivity contribution in [2.75, 3.05) is 19.8 Å². The molecule has 7 heteroatoms. The number of thiazole rings is 1. The second-order valence-corrected chi connectivity index (χ2v) is 9.25. The lowest BCUT2D eigenvalue weighted by Crippen LogP contribution is -2.22. The largest absolute Gasteiger partial charge is 0.490 e. The average Bonchev–Trinajstić information content (AvgIpc) is 3.35. The molecule has 178 valence electrons. The second-order valence-electron chi connectivity index (χ2n) is 8.24. The zero-order valence-corrected chi connectivity index (χ0v) is 20.7. The van der Waals surface area contributed by atoms with Crippen LogP contribution < -0.4 is 24.3 Å². The van der Waals surface area contributed by atoms with E-state index in [1.165, 1.54) is 16.9 Å². The lowest BCUT2D eigenvalue weighted by atomic mass is 10.1. The highest BCUT2D eigenvalue weighted by Gasteiger charge is 2.11. The van der Waals surface area contributed by atoms with Crippen molar-refractivity contribution in [3.8, 4) is 17.2 Å². The molecule has 0 amide bonds. The van der Waals surface area contributed by atoms with Crippen molar-refractivity contribution in [1.29, 1.82) is 0 Å². The quantitative estimate of drug-likeness (QED) is 0.291. The van der Waals surface area contributed by atoms with Gasteiger partial charge in [0.15, 0.2) is 16.5 Å². The number of fused-ring (bicyclic) bond motifs is 3. The number of nitrogens with zero attached hydrogens (tertiary/aromatic N) is 2. The van der Waals surface area contributed by atoms with Crippen molar-refractivity contribution >= 4 is 33.4 Å². The summed E-state index contributed by atoms with van der Waals surface area (Å²) in [5, 5.41) is 0. The van der Waals surface area contributed by atoms with Gasteiger partial charge in [-0.2, -0.15) is 0 Å². The molecule has 0 aliphatic heterocycles. The van der Waals surface area contributed by atoms with Gasteiger partial charge in [0.1, 0.15) is 19.0 Å². The summed E-state index contributed by atoms with van der Waals surface area (Å²) in [6.07, 6.45) is 1.87. The highest BCUT2D eigenvalue weighted by atomic mass is 32.1. The van der Waals surface area contributed by atoms with Crippen LogP contribution in [0, 0.1) is 13.8 Å². The maximum Gasteiger partial charge on any atom is 0.274 e. The zero-order valence-electron chi connectivity index (χ0n) is 19.9. The van der Waals surface area contributed by atoms with Gasteiger partial charge in [-0.25, -0.2) is 9.38 Å². The molecule has 2 heterocycles. The van der Waals surface area contributed by atoms with Crippen LogP contribution in [0.3, 0.4) is 0 Å². The summed E-state index contributed by atoms with van der Waals surface area (Å²) in [7, 11) is 0. The third-order valence-corrected chi connectivity index (χ3v) is 6.61. The van der Waals surface area contributed by atoms with E-state index in [0.717, 1.165) is 27.9 Å². The first-order valence-corrected chi connectivity index (χ1v) is 12.4. The molecular formula is C28H26N2O4S. The Bertz CT molecular complexity index is 1620. The number of benzene rings is 3. The molecule has 0 aliphatic rings. The van der Waals surface area contributed by atoms with Gasteiger partial charge < -0.3 is 14.2 Å². The monoisotopic (exact) mass is 486 g/mol. The number of aryl methyl sites for hydroxylation is 2. The number of imidazole rings is 1. The van der Waals surface area contributed by atoms with Crippen LogP contribution in [-0.4, -0.2) is 29.2 Å². The molecule has 5 aromatic rings. The van der Waals surface area contributed by atoms with Crippen LogP contribution in [0.15, 0.2) is 65.5 Å². The van der Waals surface area contributed by atoms with Gasteiger partial charge in [0.2, 0.25) is 0 Å². The summed E-state index contributed by atoms with van der Waals surface area (Å²) in [4.78, 5) is 18.3. The molecule has 2 aromatic heterocycles. The summed E-state index contributed by atoms with van der Waals surface area (Å²) >= 11 is 1.38. The van der Waals surface area contributed by atoms with Crippen molar-refractivity contribution in [1.82, 2.24) is 9.38 Å². The fourth-order valence-corrected chi connectivity index (χ4v) is 5.02. The molecule has 6 nitrogen and oxygen atoms in total. The van der Waals surface area contributed by atoms with Crippen molar-refractivity contribution in [3.05, 3.63) is 92.2 Å². The minimum atomic E-state index is -0.0689. The SMILES string of the molecule is CCOc1cc(/C=c2\sc3nc4ccccc4n3c2=O)ccc1OCCOc1ccc(C)cc1C. The molecule has 0 fully saturated rings. The first-order chi connectivity index (χ1) is 17.0. The maximum atomic E-state index is 13.1. The number of aromatic nitrogens is 2. The van der Waals surface area contributed by atoms with E-state index in [4.69, 9.17) is 14.2 Å².